The van der Waals surface area contributed by atoms with Gasteiger partial charge in [0.25, 0.3) is 5.91 Å². The van der Waals surface area contributed by atoms with E-state index >= 15 is 0 Å². The average Bonchev–Trinajstić information content (AvgIpc) is 2.95. The first kappa shape index (κ1) is 17.4. The van der Waals surface area contributed by atoms with Gasteiger partial charge in [-0.1, -0.05) is 25.5 Å². The minimum Gasteiger partial charge on any atom is -0.397 e. The van der Waals surface area contributed by atoms with Crippen molar-refractivity contribution in [2.24, 2.45) is 0 Å². The van der Waals surface area contributed by atoms with Gasteiger partial charge in [-0.15, -0.1) is 11.3 Å². The molecule has 4 nitrogen and oxygen atoms in total. The fourth-order valence-electron chi connectivity index (χ4n) is 2.57. The summed E-state index contributed by atoms with van der Waals surface area (Å²) in [6.07, 6.45) is 3.13. The normalized spacial score (nSPS) is 11.0. The van der Waals surface area contributed by atoms with Gasteiger partial charge in [-0.25, -0.2) is 9.37 Å². The summed E-state index contributed by atoms with van der Waals surface area (Å²) >= 11 is 1.31. The van der Waals surface area contributed by atoms with E-state index in [0.717, 1.165) is 40.7 Å². The highest BCUT2D eigenvalue weighted by molar-refractivity contribution is 7.21. The van der Waals surface area contributed by atoms with Crippen molar-refractivity contribution >= 4 is 33.1 Å². The predicted octanol–water partition coefficient (Wildman–Crippen LogP) is 4.29. The zero-order chi connectivity index (χ0) is 17.8. The SMILES string of the molecule is CCCCc1ccc2c(N)c(C(=O)NCc3ccc(F)cc3)sc2n1. The van der Waals surface area contributed by atoms with Crippen molar-refractivity contribution < 1.29 is 9.18 Å². The van der Waals surface area contributed by atoms with E-state index in [0.29, 0.717) is 17.1 Å². The Balaban J connectivity index is 1.76. The van der Waals surface area contributed by atoms with Crippen LogP contribution in [-0.4, -0.2) is 10.9 Å². The number of nitrogens with two attached hydrogens (primary N) is 1. The maximum Gasteiger partial charge on any atom is 0.263 e. The van der Waals surface area contributed by atoms with E-state index in [1.165, 1.54) is 23.5 Å². The third-order valence-corrected chi connectivity index (χ3v) is 5.12. The number of pyridine rings is 1. The molecule has 0 bridgehead atoms. The van der Waals surface area contributed by atoms with Crippen LogP contribution < -0.4 is 11.1 Å². The Bertz CT molecular complexity index is 890. The van der Waals surface area contributed by atoms with Gasteiger partial charge in [0.1, 0.15) is 15.5 Å². The molecule has 3 N–H and O–H groups in total. The second-order valence-corrected chi connectivity index (χ2v) is 6.91. The first-order chi connectivity index (χ1) is 12.1. The summed E-state index contributed by atoms with van der Waals surface area (Å²) < 4.78 is 12.9. The number of unbranched alkanes of at least 4 members (excludes halogenated alkanes) is 1. The smallest absolute Gasteiger partial charge is 0.263 e. The van der Waals surface area contributed by atoms with Gasteiger partial charge >= 0.3 is 0 Å². The second kappa shape index (κ2) is 7.61. The maximum absolute atomic E-state index is 12.9. The topological polar surface area (TPSA) is 68.0 Å². The van der Waals surface area contributed by atoms with Crippen LogP contribution in [0.25, 0.3) is 10.2 Å². The summed E-state index contributed by atoms with van der Waals surface area (Å²) in [7, 11) is 0. The quantitative estimate of drug-likeness (QED) is 0.691. The molecule has 25 heavy (non-hydrogen) atoms. The number of benzene rings is 1. The molecule has 0 atom stereocenters. The highest BCUT2D eigenvalue weighted by Crippen LogP contribution is 2.32. The van der Waals surface area contributed by atoms with Gasteiger partial charge in [0.15, 0.2) is 0 Å². The lowest BCUT2D eigenvalue weighted by Crippen LogP contribution is -2.22. The lowest BCUT2D eigenvalue weighted by molar-refractivity contribution is 0.0956. The lowest BCUT2D eigenvalue weighted by atomic mass is 10.1. The fraction of sp³-hybridized carbons (Fsp3) is 0.263. The van der Waals surface area contributed by atoms with Gasteiger partial charge in [0, 0.05) is 17.6 Å². The molecule has 0 aliphatic rings. The summed E-state index contributed by atoms with van der Waals surface area (Å²) in [5, 5.41) is 3.64. The van der Waals surface area contributed by atoms with Gasteiger partial charge in [-0.3, -0.25) is 4.79 Å². The van der Waals surface area contributed by atoms with E-state index in [2.05, 4.69) is 17.2 Å². The zero-order valence-electron chi connectivity index (χ0n) is 14.0. The Kier molecular flexibility index (Phi) is 5.28. The average molecular weight is 357 g/mol. The van der Waals surface area contributed by atoms with E-state index in [1.54, 1.807) is 12.1 Å². The Morgan fingerprint density at radius 1 is 1.24 bits per heavy atom. The molecule has 2 aromatic heterocycles. The molecule has 0 saturated heterocycles. The predicted molar refractivity (Wildman–Crippen MR) is 100 cm³/mol. The van der Waals surface area contributed by atoms with Gasteiger partial charge < -0.3 is 11.1 Å². The fourth-order valence-corrected chi connectivity index (χ4v) is 3.60. The number of carbonyl (C=O) groups is 1. The largest absolute Gasteiger partial charge is 0.397 e. The van der Waals surface area contributed by atoms with Gasteiger partial charge in [-0.2, -0.15) is 0 Å². The molecule has 1 aromatic carbocycles. The number of aryl methyl sites for hydroxylation is 1. The molecular weight excluding hydrogens is 337 g/mol. The second-order valence-electron chi connectivity index (χ2n) is 5.91. The number of fused-ring (bicyclic) bond motifs is 1. The molecule has 0 saturated carbocycles. The maximum atomic E-state index is 12.9. The number of hydrogen-bond donors (Lipinski definition) is 2. The van der Waals surface area contributed by atoms with Crippen LogP contribution in [0.15, 0.2) is 36.4 Å². The molecule has 3 rings (SSSR count). The molecule has 0 spiro atoms. The number of carbonyl (C=O) groups excluding carboxylic acids is 1. The van der Waals surface area contributed by atoms with E-state index < -0.39 is 0 Å². The van der Waals surface area contributed by atoms with Crippen molar-refractivity contribution in [2.45, 2.75) is 32.7 Å². The van der Waals surface area contributed by atoms with Crippen molar-refractivity contribution in [1.29, 1.82) is 0 Å². The van der Waals surface area contributed by atoms with Crippen molar-refractivity contribution in [2.75, 3.05) is 5.73 Å². The first-order valence-corrected chi connectivity index (χ1v) is 9.10. The number of amides is 1. The molecule has 2 heterocycles. The van der Waals surface area contributed by atoms with Gasteiger partial charge in [0.05, 0.1) is 5.69 Å². The van der Waals surface area contributed by atoms with Crippen LogP contribution in [0, 0.1) is 5.82 Å². The molecule has 3 aromatic rings. The van der Waals surface area contributed by atoms with Crippen LogP contribution in [-0.2, 0) is 13.0 Å². The van der Waals surface area contributed by atoms with Crippen molar-refractivity contribution in [3.8, 4) is 0 Å². The number of thiophene rings is 1. The number of nitrogen functional groups attached to an aromatic ring is 1. The molecule has 0 unspecified atom stereocenters. The summed E-state index contributed by atoms with van der Waals surface area (Å²) in [5.41, 5.74) is 8.45. The van der Waals surface area contributed by atoms with Crippen LogP contribution >= 0.6 is 11.3 Å². The Hall–Kier alpha value is -2.47. The molecule has 0 radical (unpaired) electrons. The van der Waals surface area contributed by atoms with E-state index in [4.69, 9.17) is 5.73 Å². The van der Waals surface area contributed by atoms with Crippen LogP contribution in [0.5, 0.6) is 0 Å². The summed E-state index contributed by atoms with van der Waals surface area (Å²) in [6, 6.07) is 9.95. The van der Waals surface area contributed by atoms with E-state index in [9.17, 15) is 9.18 Å². The lowest BCUT2D eigenvalue weighted by Gasteiger charge is -2.04. The number of anilines is 1. The molecular formula is C19H20FN3OS. The number of hydrogen-bond acceptors (Lipinski definition) is 4. The van der Waals surface area contributed by atoms with E-state index in [1.807, 2.05) is 12.1 Å². The molecule has 6 heteroatoms. The molecule has 0 aliphatic carbocycles. The van der Waals surface area contributed by atoms with Crippen LogP contribution in [0.2, 0.25) is 0 Å². The first-order valence-electron chi connectivity index (χ1n) is 8.29. The standard InChI is InChI=1S/C19H20FN3OS/c1-2-3-4-14-9-10-15-16(21)17(25-19(15)23-14)18(24)22-11-12-5-7-13(20)8-6-12/h5-10H,2-4,11,21H2,1H3,(H,22,24). The molecule has 130 valence electrons. The summed E-state index contributed by atoms with van der Waals surface area (Å²) in [6.45, 7) is 2.47. The Morgan fingerprint density at radius 3 is 2.72 bits per heavy atom. The Labute approximate surface area is 149 Å². The van der Waals surface area contributed by atoms with E-state index in [-0.39, 0.29) is 11.7 Å². The van der Waals surface area contributed by atoms with Crippen molar-refractivity contribution in [3.05, 3.63) is 58.3 Å². The number of nitrogens with zero attached hydrogens (tertiary/aromatic N) is 1. The van der Waals surface area contributed by atoms with Crippen molar-refractivity contribution in [3.63, 3.8) is 0 Å². The zero-order valence-corrected chi connectivity index (χ0v) is 14.8. The van der Waals surface area contributed by atoms with Gasteiger partial charge in [0.2, 0.25) is 0 Å². The number of nitrogens with one attached hydrogen (secondary N) is 1. The Morgan fingerprint density at radius 2 is 2.00 bits per heavy atom. The summed E-state index contributed by atoms with van der Waals surface area (Å²) in [4.78, 5) is 18.3. The molecule has 0 fully saturated rings. The third-order valence-electron chi connectivity index (χ3n) is 4.01. The highest BCUT2D eigenvalue weighted by atomic mass is 32.1. The number of rotatable bonds is 6. The number of halogens is 1. The molecule has 0 aliphatic heterocycles. The minimum absolute atomic E-state index is 0.236. The van der Waals surface area contributed by atoms with Crippen LogP contribution in [0.1, 0.15) is 40.7 Å². The van der Waals surface area contributed by atoms with Crippen LogP contribution in [0.3, 0.4) is 0 Å². The monoisotopic (exact) mass is 357 g/mol. The van der Waals surface area contributed by atoms with Crippen LogP contribution in [0.4, 0.5) is 10.1 Å². The molecule has 1 amide bonds. The highest BCUT2D eigenvalue weighted by Gasteiger charge is 2.17. The third kappa shape index (κ3) is 3.96. The van der Waals surface area contributed by atoms with Gasteiger partial charge in [-0.05, 0) is 42.7 Å². The van der Waals surface area contributed by atoms with Crippen molar-refractivity contribution in [1.82, 2.24) is 10.3 Å². The number of aromatic nitrogens is 1. The summed E-state index contributed by atoms with van der Waals surface area (Å²) in [5.74, 6) is -0.534. The minimum atomic E-state index is -0.297.